The van der Waals surface area contributed by atoms with Crippen LogP contribution in [0.15, 0.2) is 48.0 Å². The van der Waals surface area contributed by atoms with E-state index < -0.39 is 5.91 Å². The van der Waals surface area contributed by atoms with E-state index in [1.165, 1.54) is 0 Å². The molecule has 0 bridgehead atoms. The van der Waals surface area contributed by atoms with Crippen LogP contribution in [0.2, 0.25) is 5.02 Å². The number of pyridine rings is 1. The van der Waals surface area contributed by atoms with Gasteiger partial charge in [-0.2, -0.15) is 0 Å². The van der Waals surface area contributed by atoms with Crippen LogP contribution in [-0.4, -0.2) is 28.0 Å². The van der Waals surface area contributed by atoms with Crippen LogP contribution in [-0.2, 0) is 0 Å². The Balaban J connectivity index is 1.12. The molecule has 1 spiro atoms. The smallest absolute Gasteiger partial charge is 0.254 e. The average Bonchev–Trinajstić information content (AvgIpc) is 3.14. The molecule has 0 unspecified atom stereocenters. The molecular weight excluding hydrogens is 420 g/mol. The molecule has 2 saturated carbocycles. The Hall–Kier alpha value is -2.64. The number of primary amides is 1. The van der Waals surface area contributed by atoms with Crippen LogP contribution in [0.4, 0.5) is 5.13 Å². The largest absolute Gasteiger partial charge is 0.474 e. The normalized spacial score (nSPS) is 24.7. The van der Waals surface area contributed by atoms with Gasteiger partial charge in [0.15, 0.2) is 5.13 Å². The molecule has 1 amide bonds. The third-order valence-electron chi connectivity index (χ3n) is 5.97. The Kier molecular flexibility index (Phi) is 4.87. The number of carbonyl (C=O) groups excluding carboxylic acids is 1. The van der Waals surface area contributed by atoms with Crippen LogP contribution in [0.25, 0.3) is 11.3 Å². The molecule has 8 heteroatoms. The Labute approximate surface area is 183 Å². The number of carbonyl (C=O) groups is 1. The molecular formula is C22H21ClN4O2S. The van der Waals surface area contributed by atoms with Crippen molar-refractivity contribution in [1.29, 1.82) is 0 Å². The number of ether oxygens (including phenoxy) is 1. The van der Waals surface area contributed by atoms with Crippen molar-refractivity contribution in [2.24, 2.45) is 11.1 Å². The van der Waals surface area contributed by atoms with Gasteiger partial charge in [0.05, 0.1) is 5.69 Å². The molecule has 0 radical (unpaired) electrons. The van der Waals surface area contributed by atoms with Gasteiger partial charge in [-0.05, 0) is 55.4 Å². The van der Waals surface area contributed by atoms with Crippen molar-refractivity contribution >= 4 is 34.0 Å². The van der Waals surface area contributed by atoms with Crippen LogP contribution in [0.5, 0.6) is 5.88 Å². The predicted octanol–water partition coefficient (Wildman–Crippen LogP) is 4.76. The Bertz CT molecular complexity index is 1070. The molecule has 2 heterocycles. The zero-order valence-corrected chi connectivity index (χ0v) is 17.7. The lowest BCUT2D eigenvalue weighted by molar-refractivity contribution is -0.0759. The maximum Gasteiger partial charge on any atom is 0.254 e. The molecule has 2 aromatic heterocycles. The highest BCUT2D eigenvalue weighted by Gasteiger charge is 2.54. The highest BCUT2D eigenvalue weighted by Crippen LogP contribution is 2.57. The van der Waals surface area contributed by atoms with Crippen LogP contribution < -0.4 is 15.8 Å². The van der Waals surface area contributed by atoms with Gasteiger partial charge in [-0.25, -0.2) is 9.97 Å². The van der Waals surface area contributed by atoms with Crippen LogP contribution in [0.1, 0.15) is 36.0 Å². The number of aromatic nitrogens is 2. The zero-order valence-electron chi connectivity index (χ0n) is 16.2. The van der Waals surface area contributed by atoms with Crippen molar-refractivity contribution in [2.75, 3.05) is 5.32 Å². The maximum atomic E-state index is 11.5. The third kappa shape index (κ3) is 3.75. The number of anilines is 1. The molecule has 3 aromatic rings. The first-order valence-corrected chi connectivity index (χ1v) is 11.1. The zero-order chi connectivity index (χ0) is 20.7. The van der Waals surface area contributed by atoms with Gasteiger partial charge in [-0.3, -0.25) is 4.79 Å². The molecule has 0 atom stereocenters. The summed E-state index contributed by atoms with van der Waals surface area (Å²) < 4.78 is 5.94. The van der Waals surface area contributed by atoms with Crippen molar-refractivity contribution in [3.8, 4) is 17.1 Å². The second-order valence-electron chi connectivity index (χ2n) is 8.16. The molecule has 3 N–H and O–H groups in total. The minimum absolute atomic E-state index is 0.0929. The first-order valence-electron chi connectivity index (χ1n) is 9.89. The number of halogens is 1. The number of nitrogens with two attached hydrogens (primary N) is 1. The highest BCUT2D eigenvalue weighted by atomic mass is 35.5. The molecule has 2 fully saturated rings. The Morgan fingerprint density at radius 2 is 1.97 bits per heavy atom. The van der Waals surface area contributed by atoms with Crippen LogP contribution >= 0.6 is 22.9 Å². The molecule has 5 rings (SSSR count). The van der Waals surface area contributed by atoms with Gasteiger partial charge in [0, 0.05) is 28.2 Å². The fraction of sp³-hybridized carbons (Fsp3) is 0.318. The summed E-state index contributed by atoms with van der Waals surface area (Å²) in [6, 6.07) is 11.5. The van der Waals surface area contributed by atoms with Gasteiger partial charge < -0.3 is 15.8 Å². The van der Waals surface area contributed by atoms with Crippen LogP contribution in [0, 0.1) is 5.41 Å². The summed E-state index contributed by atoms with van der Waals surface area (Å²) in [6.07, 6.45) is 5.88. The standard InChI is InChI=1S/C22H21ClN4O2S/c23-14-5-3-13(4-6-14)18-12-30-21(27-18)26-15-8-22(9-15)10-16(11-22)29-20-17(19(24)28)2-1-7-25-20/h1-7,12,15-16H,8-11H2,(H2,24,28)(H,26,27)/t15-,16-,22?. The van der Waals surface area contributed by atoms with Crippen molar-refractivity contribution in [3.63, 3.8) is 0 Å². The molecule has 0 saturated heterocycles. The Morgan fingerprint density at radius 1 is 1.20 bits per heavy atom. The van der Waals surface area contributed by atoms with Crippen LogP contribution in [0.3, 0.4) is 0 Å². The summed E-state index contributed by atoms with van der Waals surface area (Å²) in [5, 5.41) is 7.30. The lowest BCUT2D eigenvalue weighted by Crippen LogP contribution is -2.56. The van der Waals surface area contributed by atoms with E-state index in [-0.39, 0.29) is 6.10 Å². The summed E-state index contributed by atoms with van der Waals surface area (Å²) in [5.74, 6) is -0.169. The maximum absolute atomic E-state index is 11.5. The molecule has 1 aromatic carbocycles. The molecule has 2 aliphatic rings. The van der Waals surface area contributed by atoms with Crippen molar-refractivity contribution in [3.05, 3.63) is 58.6 Å². The van der Waals surface area contributed by atoms with E-state index in [2.05, 4.69) is 15.7 Å². The summed E-state index contributed by atoms with van der Waals surface area (Å²) in [6.45, 7) is 0. The third-order valence-corrected chi connectivity index (χ3v) is 6.99. The number of thiazole rings is 1. The molecule has 2 aliphatic carbocycles. The van der Waals surface area contributed by atoms with E-state index in [1.807, 2.05) is 24.3 Å². The monoisotopic (exact) mass is 440 g/mol. The van der Waals surface area contributed by atoms with Crippen molar-refractivity contribution < 1.29 is 9.53 Å². The van der Waals surface area contributed by atoms with Gasteiger partial charge in [0.2, 0.25) is 5.88 Å². The highest BCUT2D eigenvalue weighted by molar-refractivity contribution is 7.14. The fourth-order valence-electron chi connectivity index (χ4n) is 4.51. The minimum atomic E-state index is -0.513. The molecule has 154 valence electrons. The quantitative estimate of drug-likeness (QED) is 0.576. The van der Waals surface area contributed by atoms with Crippen molar-refractivity contribution in [2.45, 2.75) is 37.8 Å². The van der Waals surface area contributed by atoms with E-state index in [9.17, 15) is 4.79 Å². The first kappa shape index (κ1) is 19.3. The second kappa shape index (κ2) is 7.56. The van der Waals surface area contributed by atoms with Gasteiger partial charge in [-0.15, -0.1) is 11.3 Å². The lowest BCUT2D eigenvalue weighted by atomic mass is 9.53. The summed E-state index contributed by atoms with van der Waals surface area (Å²) >= 11 is 7.59. The number of hydrogen-bond acceptors (Lipinski definition) is 6. The minimum Gasteiger partial charge on any atom is -0.474 e. The molecule has 30 heavy (non-hydrogen) atoms. The fourth-order valence-corrected chi connectivity index (χ4v) is 5.43. The number of rotatable bonds is 6. The van der Waals surface area contributed by atoms with Gasteiger partial charge >= 0.3 is 0 Å². The van der Waals surface area contributed by atoms with Crippen molar-refractivity contribution in [1.82, 2.24) is 9.97 Å². The van der Waals surface area contributed by atoms with E-state index in [1.54, 1.807) is 29.7 Å². The topological polar surface area (TPSA) is 90.1 Å². The van der Waals surface area contributed by atoms with Gasteiger partial charge in [0.25, 0.3) is 5.91 Å². The number of nitrogens with one attached hydrogen (secondary N) is 1. The number of amides is 1. The summed E-state index contributed by atoms with van der Waals surface area (Å²) in [7, 11) is 0. The van der Waals surface area contributed by atoms with E-state index >= 15 is 0 Å². The predicted molar refractivity (Wildman–Crippen MR) is 118 cm³/mol. The number of nitrogens with zero attached hydrogens (tertiary/aromatic N) is 2. The number of hydrogen-bond donors (Lipinski definition) is 2. The average molecular weight is 441 g/mol. The van der Waals surface area contributed by atoms with E-state index in [0.29, 0.717) is 22.9 Å². The first-order chi connectivity index (χ1) is 14.5. The Morgan fingerprint density at radius 3 is 2.70 bits per heavy atom. The summed E-state index contributed by atoms with van der Waals surface area (Å²) in [4.78, 5) is 20.4. The molecule has 6 nitrogen and oxygen atoms in total. The second-order valence-corrected chi connectivity index (χ2v) is 9.46. The number of benzene rings is 1. The van der Waals surface area contributed by atoms with Gasteiger partial charge in [-0.1, -0.05) is 23.7 Å². The van der Waals surface area contributed by atoms with E-state index in [0.717, 1.165) is 47.1 Å². The SMILES string of the molecule is NC(=O)c1cccnc1O[C@H]1CC2(C[C@H](Nc3nc(-c4ccc(Cl)cc4)cs3)C2)C1. The summed E-state index contributed by atoms with van der Waals surface area (Å²) in [5.41, 5.74) is 8.10. The molecule has 0 aliphatic heterocycles. The van der Waals surface area contributed by atoms with E-state index in [4.69, 9.17) is 27.1 Å². The van der Waals surface area contributed by atoms with Gasteiger partial charge in [0.1, 0.15) is 11.7 Å². The lowest BCUT2D eigenvalue weighted by Gasteiger charge is -2.57.